The van der Waals surface area contributed by atoms with Gasteiger partial charge in [-0.15, -0.1) is 0 Å². The van der Waals surface area contributed by atoms with E-state index in [9.17, 15) is 9.59 Å². The number of nitrogen functional groups attached to an aromatic ring is 1. The van der Waals surface area contributed by atoms with E-state index in [0.717, 1.165) is 44.5 Å². The number of carbonyl (C=O) groups is 2. The molecule has 3 rings (SSSR count). The Bertz CT molecular complexity index is 783. The summed E-state index contributed by atoms with van der Waals surface area (Å²) in [7, 11) is 0. The zero-order valence-corrected chi connectivity index (χ0v) is 16.3. The molecule has 1 saturated heterocycles. The van der Waals surface area contributed by atoms with Crippen molar-refractivity contribution in [3.8, 4) is 0 Å². The van der Waals surface area contributed by atoms with Gasteiger partial charge in [0.15, 0.2) is 11.6 Å². The van der Waals surface area contributed by atoms with Crippen molar-refractivity contribution >= 4 is 17.3 Å². The zero-order chi connectivity index (χ0) is 19.8. The third kappa shape index (κ3) is 5.75. The van der Waals surface area contributed by atoms with Gasteiger partial charge in [-0.05, 0) is 51.0 Å². The summed E-state index contributed by atoms with van der Waals surface area (Å²) in [4.78, 5) is 26.9. The van der Waals surface area contributed by atoms with E-state index in [1.54, 1.807) is 12.1 Å². The maximum absolute atomic E-state index is 12.3. The Hall–Kier alpha value is -2.50. The molecule has 1 aliphatic rings. The largest absolute Gasteiger partial charge is 0.398 e. The maximum atomic E-state index is 12.3. The molecular weight excluding hydrogens is 350 g/mol. The van der Waals surface area contributed by atoms with Crippen molar-refractivity contribution in [3.05, 3.63) is 65.7 Å². The van der Waals surface area contributed by atoms with E-state index in [-0.39, 0.29) is 11.6 Å². The number of nitrogens with two attached hydrogens (primary N) is 1. The Balaban J connectivity index is 1.33. The molecule has 0 saturated carbocycles. The average molecular weight is 380 g/mol. The Morgan fingerprint density at radius 3 is 2.36 bits per heavy atom. The summed E-state index contributed by atoms with van der Waals surface area (Å²) in [5.74, 6) is 0.260. The van der Waals surface area contributed by atoms with Gasteiger partial charge in [-0.2, -0.15) is 0 Å². The Labute approximate surface area is 166 Å². The summed E-state index contributed by atoms with van der Waals surface area (Å²) in [5, 5.41) is 3.38. The smallest absolute Gasteiger partial charge is 0.178 e. The van der Waals surface area contributed by atoms with Crippen LogP contribution in [0.2, 0.25) is 0 Å². The summed E-state index contributed by atoms with van der Waals surface area (Å²) in [6.07, 6.45) is 3.52. The van der Waals surface area contributed by atoms with Gasteiger partial charge < -0.3 is 16.0 Å². The minimum absolute atomic E-state index is 0.0416. The first kappa shape index (κ1) is 20.2. The highest BCUT2D eigenvalue weighted by molar-refractivity contribution is 6.02. The van der Waals surface area contributed by atoms with Crippen molar-refractivity contribution < 1.29 is 9.59 Å². The number of hydrogen-bond acceptors (Lipinski definition) is 5. The first-order chi connectivity index (χ1) is 13.6. The monoisotopic (exact) mass is 379 g/mol. The second-order valence-corrected chi connectivity index (χ2v) is 7.40. The van der Waals surface area contributed by atoms with Crippen LogP contribution < -0.4 is 11.1 Å². The summed E-state index contributed by atoms with van der Waals surface area (Å²) >= 11 is 0. The molecular formula is C23H29N3O2. The van der Waals surface area contributed by atoms with Crippen LogP contribution in [0.3, 0.4) is 0 Å². The molecule has 0 amide bonds. The van der Waals surface area contributed by atoms with Crippen molar-refractivity contribution in [1.29, 1.82) is 0 Å². The molecule has 0 radical (unpaired) electrons. The number of anilines is 1. The van der Waals surface area contributed by atoms with Gasteiger partial charge in [0.25, 0.3) is 0 Å². The normalized spacial score (nSPS) is 15.4. The number of para-hydroxylation sites is 1. The quantitative estimate of drug-likeness (QED) is 0.517. The second kappa shape index (κ2) is 10.2. The fourth-order valence-corrected chi connectivity index (χ4v) is 3.68. The Morgan fingerprint density at radius 2 is 1.64 bits per heavy atom. The number of rotatable bonds is 9. The number of ketones is 2. The summed E-state index contributed by atoms with van der Waals surface area (Å²) < 4.78 is 0. The average Bonchev–Trinajstić information content (AvgIpc) is 2.74. The van der Waals surface area contributed by atoms with Crippen LogP contribution in [0, 0.1) is 0 Å². The van der Waals surface area contributed by atoms with Crippen LogP contribution >= 0.6 is 0 Å². The number of benzene rings is 2. The first-order valence-corrected chi connectivity index (χ1v) is 10.0. The molecule has 148 valence electrons. The molecule has 5 heteroatoms. The summed E-state index contributed by atoms with van der Waals surface area (Å²) in [6, 6.07) is 17.1. The molecule has 28 heavy (non-hydrogen) atoms. The number of nitrogens with one attached hydrogen (secondary N) is 1. The van der Waals surface area contributed by atoms with E-state index < -0.39 is 0 Å². The lowest BCUT2D eigenvalue weighted by Crippen LogP contribution is -2.44. The molecule has 2 aromatic carbocycles. The van der Waals surface area contributed by atoms with E-state index in [0.29, 0.717) is 30.3 Å². The van der Waals surface area contributed by atoms with Crippen LogP contribution in [0.4, 0.5) is 5.69 Å². The standard InChI is InChI=1S/C23H29N3O2/c24-21-10-5-4-9-20(21)23(28)17-25-19-12-15-26(16-13-19)14-6-11-22(27)18-7-2-1-3-8-18/h1-5,7-10,19,25H,6,11-17,24H2. The predicted octanol–water partition coefficient (Wildman–Crippen LogP) is 3.17. The van der Waals surface area contributed by atoms with Crippen LogP contribution in [-0.4, -0.2) is 48.7 Å². The molecule has 3 N–H and O–H groups in total. The van der Waals surface area contributed by atoms with Crippen LogP contribution in [0.5, 0.6) is 0 Å². The lowest BCUT2D eigenvalue weighted by atomic mass is 10.0. The van der Waals surface area contributed by atoms with Gasteiger partial charge in [0.2, 0.25) is 0 Å². The van der Waals surface area contributed by atoms with Gasteiger partial charge in [0, 0.05) is 29.3 Å². The molecule has 1 aliphatic heterocycles. The third-order valence-corrected chi connectivity index (χ3v) is 5.37. The van der Waals surface area contributed by atoms with Crippen molar-refractivity contribution in [3.63, 3.8) is 0 Å². The lowest BCUT2D eigenvalue weighted by Gasteiger charge is -2.32. The molecule has 0 atom stereocenters. The summed E-state index contributed by atoms with van der Waals surface area (Å²) in [5.41, 5.74) is 7.80. The predicted molar refractivity (Wildman–Crippen MR) is 113 cm³/mol. The van der Waals surface area contributed by atoms with E-state index >= 15 is 0 Å². The van der Waals surface area contributed by atoms with Gasteiger partial charge in [-0.3, -0.25) is 9.59 Å². The highest BCUT2D eigenvalue weighted by Gasteiger charge is 2.20. The SMILES string of the molecule is Nc1ccccc1C(=O)CNC1CCN(CCCC(=O)c2ccccc2)CC1. The maximum Gasteiger partial charge on any atom is 0.178 e. The molecule has 1 fully saturated rings. The van der Waals surface area contributed by atoms with Crippen molar-refractivity contribution in [2.45, 2.75) is 31.7 Å². The lowest BCUT2D eigenvalue weighted by molar-refractivity contribution is 0.0971. The number of likely N-dealkylation sites (tertiary alicyclic amines) is 1. The fraction of sp³-hybridized carbons (Fsp3) is 0.391. The molecule has 0 aromatic heterocycles. The highest BCUT2D eigenvalue weighted by atomic mass is 16.1. The zero-order valence-electron chi connectivity index (χ0n) is 16.3. The highest BCUT2D eigenvalue weighted by Crippen LogP contribution is 2.14. The first-order valence-electron chi connectivity index (χ1n) is 10.0. The second-order valence-electron chi connectivity index (χ2n) is 7.40. The Kier molecular flexibility index (Phi) is 7.34. The van der Waals surface area contributed by atoms with Crippen LogP contribution in [0.1, 0.15) is 46.4 Å². The third-order valence-electron chi connectivity index (χ3n) is 5.37. The number of Topliss-reactive ketones (excluding diaryl/α,β-unsaturated/α-hetero) is 2. The number of nitrogens with zero attached hydrogens (tertiary/aromatic N) is 1. The summed E-state index contributed by atoms with van der Waals surface area (Å²) in [6.45, 7) is 3.27. The molecule has 1 heterocycles. The Morgan fingerprint density at radius 1 is 0.964 bits per heavy atom. The minimum atomic E-state index is 0.0416. The molecule has 5 nitrogen and oxygen atoms in total. The van der Waals surface area contributed by atoms with Crippen molar-refractivity contribution in [2.24, 2.45) is 0 Å². The van der Waals surface area contributed by atoms with Crippen molar-refractivity contribution in [2.75, 3.05) is 31.9 Å². The van der Waals surface area contributed by atoms with Gasteiger partial charge in [-0.1, -0.05) is 42.5 Å². The molecule has 0 spiro atoms. The van der Waals surface area contributed by atoms with E-state index in [4.69, 9.17) is 5.73 Å². The van der Waals surface area contributed by atoms with Crippen LogP contribution in [0.15, 0.2) is 54.6 Å². The van der Waals surface area contributed by atoms with Gasteiger partial charge in [0.1, 0.15) is 0 Å². The van der Waals surface area contributed by atoms with E-state index in [1.807, 2.05) is 42.5 Å². The molecule has 0 aliphatic carbocycles. The van der Waals surface area contributed by atoms with E-state index in [2.05, 4.69) is 10.2 Å². The number of piperidine rings is 1. The van der Waals surface area contributed by atoms with Gasteiger partial charge in [0.05, 0.1) is 6.54 Å². The van der Waals surface area contributed by atoms with Crippen LogP contribution in [-0.2, 0) is 0 Å². The number of carbonyl (C=O) groups excluding carboxylic acids is 2. The van der Waals surface area contributed by atoms with Gasteiger partial charge in [-0.25, -0.2) is 0 Å². The molecule has 2 aromatic rings. The van der Waals surface area contributed by atoms with E-state index in [1.165, 1.54) is 0 Å². The molecule has 0 bridgehead atoms. The fourth-order valence-electron chi connectivity index (χ4n) is 3.68. The van der Waals surface area contributed by atoms with Crippen molar-refractivity contribution in [1.82, 2.24) is 10.2 Å². The number of hydrogen-bond donors (Lipinski definition) is 2. The topological polar surface area (TPSA) is 75.4 Å². The van der Waals surface area contributed by atoms with Crippen LogP contribution in [0.25, 0.3) is 0 Å². The van der Waals surface area contributed by atoms with Gasteiger partial charge >= 0.3 is 0 Å². The minimum Gasteiger partial charge on any atom is -0.398 e. The molecule has 0 unspecified atom stereocenters.